The lowest BCUT2D eigenvalue weighted by atomic mass is 9.99. The Kier molecular flexibility index (Phi) is 8.85. The molecule has 0 aromatic heterocycles. The summed E-state index contributed by atoms with van der Waals surface area (Å²) in [5, 5.41) is 0. The Balaban J connectivity index is 4.03. The van der Waals surface area contributed by atoms with Gasteiger partial charge in [-0.3, -0.25) is 0 Å². The lowest BCUT2D eigenvalue weighted by Crippen LogP contribution is -1.92. The highest BCUT2D eigenvalue weighted by Crippen LogP contribution is 2.15. The second-order valence-electron chi connectivity index (χ2n) is 5.36. The fourth-order valence-electron chi connectivity index (χ4n) is 1.66. The molecule has 17 heavy (non-hydrogen) atoms. The number of allylic oxidation sites excluding steroid dienone is 6. The Morgan fingerprint density at radius 3 is 2.18 bits per heavy atom. The van der Waals surface area contributed by atoms with Crippen LogP contribution >= 0.6 is 0 Å². The van der Waals surface area contributed by atoms with E-state index in [0.29, 0.717) is 0 Å². The summed E-state index contributed by atoms with van der Waals surface area (Å²) in [4.78, 5) is 0. The van der Waals surface area contributed by atoms with Crippen LogP contribution in [0, 0.1) is 5.92 Å². The summed E-state index contributed by atoms with van der Waals surface area (Å²) in [7, 11) is 0. The summed E-state index contributed by atoms with van der Waals surface area (Å²) >= 11 is 0. The van der Waals surface area contributed by atoms with Crippen LogP contribution < -0.4 is 0 Å². The molecule has 0 aliphatic heterocycles. The predicted molar refractivity (Wildman–Crippen MR) is 80.3 cm³/mol. The molecule has 1 unspecified atom stereocenters. The van der Waals surface area contributed by atoms with Gasteiger partial charge < -0.3 is 0 Å². The normalized spacial score (nSPS) is 14.7. The lowest BCUT2D eigenvalue weighted by Gasteiger charge is -2.08. The average molecular weight is 234 g/mol. The van der Waals surface area contributed by atoms with Gasteiger partial charge in [-0.05, 0) is 59.3 Å². The van der Waals surface area contributed by atoms with E-state index < -0.39 is 0 Å². The van der Waals surface area contributed by atoms with Crippen LogP contribution in [0.5, 0.6) is 0 Å². The monoisotopic (exact) mass is 234 g/mol. The molecule has 1 atom stereocenters. The van der Waals surface area contributed by atoms with Crippen molar-refractivity contribution in [2.45, 2.75) is 67.2 Å². The first-order chi connectivity index (χ1) is 7.97. The third-order valence-electron chi connectivity index (χ3n) is 3.39. The Bertz CT molecular complexity index is 285. The van der Waals surface area contributed by atoms with E-state index in [4.69, 9.17) is 0 Å². The molecule has 0 nitrogen and oxygen atoms in total. The number of hydrogen-bond acceptors (Lipinski definition) is 0. The zero-order valence-electron chi connectivity index (χ0n) is 12.6. The van der Waals surface area contributed by atoms with Gasteiger partial charge >= 0.3 is 0 Å². The van der Waals surface area contributed by atoms with Gasteiger partial charge in [-0.1, -0.05) is 48.8 Å². The van der Waals surface area contributed by atoms with E-state index in [1.54, 1.807) is 0 Å². The van der Waals surface area contributed by atoms with Crippen molar-refractivity contribution in [2.24, 2.45) is 5.92 Å². The molecule has 0 bridgehead atoms. The van der Waals surface area contributed by atoms with Crippen LogP contribution in [-0.4, -0.2) is 0 Å². The SMILES string of the molecule is CCC(C)/C(C)=C\C/C=C(/C)CCC=C(C)C. The molecule has 0 aliphatic rings. The summed E-state index contributed by atoms with van der Waals surface area (Å²) in [6, 6.07) is 0. The highest BCUT2D eigenvalue weighted by atomic mass is 14.0. The van der Waals surface area contributed by atoms with Crippen LogP contribution in [0.25, 0.3) is 0 Å². The van der Waals surface area contributed by atoms with E-state index in [1.165, 1.54) is 36.0 Å². The molecule has 0 saturated heterocycles. The second kappa shape index (κ2) is 9.27. The van der Waals surface area contributed by atoms with Crippen molar-refractivity contribution < 1.29 is 0 Å². The minimum absolute atomic E-state index is 0.731. The first-order valence-electron chi connectivity index (χ1n) is 6.93. The standard InChI is InChI=1S/C17H30/c1-7-16(5)17(6)13-9-12-15(4)11-8-10-14(2)3/h10,12-13,16H,7-9,11H2,1-6H3/b15-12-,17-13-. The van der Waals surface area contributed by atoms with Crippen molar-refractivity contribution >= 4 is 0 Å². The molecule has 0 aromatic carbocycles. The molecule has 0 spiro atoms. The van der Waals surface area contributed by atoms with Crippen LogP contribution in [0.15, 0.2) is 34.9 Å². The summed E-state index contributed by atoms with van der Waals surface area (Å²) in [5.74, 6) is 0.731. The molecule has 0 saturated carbocycles. The van der Waals surface area contributed by atoms with Crippen LogP contribution in [0.1, 0.15) is 67.2 Å². The smallest absolute Gasteiger partial charge is 0.0164 e. The van der Waals surface area contributed by atoms with Gasteiger partial charge in [0.05, 0.1) is 0 Å². The van der Waals surface area contributed by atoms with E-state index in [0.717, 1.165) is 12.3 Å². The highest BCUT2D eigenvalue weighted by Gasteiger charge is 1.98. The summed E-state index contributed by atoms with van der Waals surface area (Å²) < 4.78 is 0. The van der Waals surface area contributed by atoms with Crippen molar-refractivity contribution in [3.63, 3.8) is 0 Å². The first kappa shape index (κ1) is 16.2. The van der Waals surface area contributed by atoms with Crippen molar-refractivity contribution in [1.29, 1.82) is 0 Å². The molecular formula is C17H30. The Labute approximate surface area is 109 Å². The topological polar surface area (TPSA) is 0 Å². The fourth-order valence-corrected chi connectivity index (χ4v) is 1.66. The van der Waals surface area contributed by atoms with Gasteiger partial charge in [0.25, 0.3) is 0 Å². The first-order valence-corrected chi connectivity index (χ1v) is 6.93. The van der Waals surface area contributed by atoms with Gasteiger partial charge in [0, 0.05) is 0 Å². The Morgan fingerprint density at radius 1 is 1.00 bits per heavy atom. The molecule has 98 valence electrons. The maximum atomic E-state index is 2.37. The molecule has 0 fully saturated rings. The highest BCUT2D eigenvalue weighted by molar-refractivity contribution is 5.09. The minimum atomic E-state index is 0.731. The van der Waals surface area contributed by atoms with E-state index >= 15 is 0 Å². The van der Waals surface area contributed by atoms with Gasteiger partial charge in [-0.2, -0.15) is 0 Å². The van der Waals surface area contributed by atoms with Gasteiger partial charge in [-0.25, -0.2) is 0 Å². The Morgan fingerprint density at radius 2 is 1.65 bits per heavy atom. The predicted octanol–water partition coefficient (Wildman–Crippen LogP) is 6.06. The third kappa shape index (κ3) is 8.97. The molecule has 0 aromatic rings. The summed E-state index contributed by atoms with van der Waals surface area (Å²) in [5.41, 5.74) is 4.46. The molecule has 0 radical (unpaired) electrons. The van der Waals surface area contributed by atoms with Crippen molar-refractivity contribution in [3.05, 3.63) is 34.9 Å². The largest absolute Gasteiger partial charge is 0.0856 e. The molecule has 0 rings (SSSR count). The van der Waals surface area contributed by atoms with Crippen molar-refractivity contribution in [2.75, 3.05) is 0 Å². The van der Waals surface area contributed by atoms with Crippen molar-refractivity contribution in [3.8, 4) is 0 Å². The Hall–Kier alpha value is -0.780. The number of hydrogen-bond donors (Lipinski definition) is 0. The lowest BCUT2D eigenvalue weighted by molar-refractivity contribution is 0.653. The molecule has 0 amide bonds. The van der Waals surface area contributed by atoms with Gasteiger partial charge in [0.1, 0.15) is 0 Å². The molecule has 0 aliphatic carbocycles. The van der Waals surface area contributed by atoms with E-state index in [2.05, 4.69) is 59.8 Å². The average Bonchev–Trinajstić information content (AvgIpc) is 2.27. The molecule has 0 heterocycles. The summed E-state index contributed by atoms with van der Waals surface area (Å²) in [6.45, 7) is 13.4. The molecule has 0 heteroatoms. The van der Waals surface area contributed by atoms with E-state index in [-0.39, 0.29) is 0 Å². The summed E-state index contributed by atoms with van der Waals surface area (Å²) in [6.07, 6.45) is 11.8. The maximum absolute atomic E-state index is 2.37. The third-order valence-corrected chi connectivity index (χ3v) is 3.39. The number of rotatable bonds is 7. The van der Waals surface area contributed by atoms with Crippen LogP contribution in [0.2, 0.25) is 0 Å². The van der Waals surface area contributed by atoms with Crippen molar-refractivity contribution in [1.82, 2.24) is 0 Å². The fraction of sp³-hybridized carbons (Fsp3) is 0.647. The van der Waals surface area contributed by atoms with E-state index in [1.807, 2.05) is 0 Å². The van der Waals surface area contributed by atoms with E-state index in [9.17, 15) is 0 Å². The zero-order valence-corrected chi connectivity index (χ0v) is 12.6. The molecule has 0 N–H and O–H groups in total. The quantitative estimate of drug-likeness (QED) is 0.469. The zero-order chi connectivity index (χ0) is 13.3. The minimum Gasteiger partial charge on any atom is -0.0856 e. The van der Waals surface area contributed by atoms with Gasteiger partial charge in [0.15, 0.2) is 0 Å². The second-order valence-corrected chi connectivity index (χ2v) is 5.36. The van der Waals surface area contributed by atoms with Crippen LogP contribution in [-0.2, 0) is 0 Å². The molecular weight excluding hydrogens is 204 g/mol. The maximum Gasteiger partial charge on any atom is -0.0164 e. The van der Waals surface area contributed by atoms with Crippen LogP contribution in [0.3, 0.4) is 0 Å². The van der Waals surface area contributed by atoms with Gasteiger partial charge in [-0.15, -0.1) is 0 Å². The van der Waals surface area contributed by atoms with Gasteiger partial charge in [0.2, 0.25) is 0 Å². The van der Waals surface area contributed by atoms with Crippen LogP contribution in [0.4, 0.5) is 0 Å².